The summed E-state index contributed by atoms with van der Waals surface area (Å²) in [4.78, 5) is 16.4. The third kappa shape index (κ3) is 3.83. The molecular formula is C17H16BN3O. The Morgan fingerprint density at radius 2 is 2.05 bits per heavy atom. The molecule has 1 heterocycles. The number of hydrogen-bond acceptors (Lipinski definition) is 3. The predicted molar refractivity (Wildman–Crippen MR) is 89.0 cm³/mol. The summed E-state index contributed by atoms with van der Waals surface area (Å²) in [7, 11) is 1.84. The SMILES string of the molecule is Bc1ncccc1/C=C(\C#N)C(=O)N[C@@H](C)c1ccccc1. The van der Waals surface area contributed by atoms with Gasteiger partial charge in [-0.1, -0.05) is 36.4 Å². The molecule has 1 N–H and O–H groups in total. The quantitative estimate of drug-likeness (QED) is 0.521. The Morgan fingerprint density at radius 1 is 1.32 bits per heavy atom. The van der Waals surface area contributed by atoms with Crippen molar-refractivity contribution in [1.82, 2.24) is 10.3 Å². The molecular weight excluding hydrogens is 273 g/mol. The van der Waals surface area contributed by atoms with Gasteiger partial charge in [0.15, 0.2) is 7.85 Å². The molecule has 0 saturated carbocycles. The number of amides is 1. The fourth-order valence-electron chi connectivity index (χ4n) is 2.05. The molecule has 0 unspecified atom stereocenters. The summed E-state index contributed by atoms with van der Waals surface area (Å²) in [6.07, 6.45) is 3.24. The Kier molecular flexibility index (Phi) is 5.10. The van der Waals surface area contributed by atoms with Gasteiger partial charge in [0.05, 0.1) is 6.04 Å². The number of pyridine rings is 1. The summed E-state index contributed by atoms with van der Waals surface area (Å²) >= 11 is 0. The van der Waals surface area contributed by atoms with E-state index in [1.165, 1.54) is 0 Å². The van der Waals surface area contributed by atoms with Crippen molar-refractivity contribution in [1.29, 1.82) is 5.26 Å². The maximum absolute atomic E-state index is 12.3. The van der Waals surface area contributed by atoms with Crippen LogP contribution in [0.4, 0.5) is 0 Å². The molecule has 1 amide bonds. The molecule has 0 aliphatic heterocycles. The van der Waals surface area contributed by atoms with E-state index in [0.29, 0.717) is 0 Å². The monoisotopic (exact) mass is 289 g/mol. The molecule has 1 aromatic heterocycles. The topological polar surface area (TPSA) is 65.8 Å². The molecule has 0 spiro atoms. The highest BCUT2D eigenvalue weighted by Crippen LogP contribution is 2.12. The fraction of sp³-hybridized carbons (Fsp3) is 0.118. The Bertz CT molecular complexity index is 735. The number of nitrogens with one attached hydrogen (secondary N) is 1. The van der Waals surface area contributed by atoms with Crippen LogP contribution < -0.4 is 10.9 Å². The molecule has 1 atom stereocenters. The third-order valence-corrected chi connectivity index (χ3v) is 3.36. The molecule has 0 bridgehead atoms. The average Bonchev–Trinajstić information content (AvgIpc) is 2.54. The zero-order valence-corrected chi connectivity index (χ0v) is 12.6. The van der Waals surface area contributed by atoms with Crippen LogP contribution >= 0.6 is 0 Å². The van der Waals surface area contributed by atoms with Gasteiger partial charge in [-0.05, 0) is 30.2 Å². The van der Waals surface area contributed by atoms with E-state index in [4.69, 9.17) is 0 Å². The minimum Gasteiger partial charge on any atom is -0.345 e. The molecule has 0 aliphatic carbocycles. The second kappa shape index (κ2) is 7.23. The van der Waals surface area contributed by atoms with Crippen molar-refractivity contribution in [3.8, 4) is 6.07 Å². The first kappa shape index (κ1) is 15.5. The summed E-state index contributed by atoms with van der Waals surface area (Å²) in [6.45, 7) is 1.89. The Labute approximate surface area is 130 Å². The third-order valence-electron chi connectivity index (χ3n) is 3.36. The lowest BCUT2D eigenvalue weighted by atomic mass is 9.96. The molecule has 22 heavy (non-hydrogen) atoms. The van der Waals surface area contributed by atoms with Crippen LogP contribution in [0.3, 0.4) is 0 Å². The number of carbonyl (C=O) groups excluding carboxylic acids is 1. The molecule has 0 aliphatic rings. The maximum Gasteiger partial charge on any atom is 0.262 e. The molecule has 2 rings (SSSR count). The van der Waals surface area contributed by atoms with Crippen LogP contribution in [0, 0.1) is 11.3 Å². The van der Waals surface area contributed by atoms with Gasteiger partial charge in [-0.3, -0.25) is 9.78 Å². The van der Waals surface area contributed by atoms with Crippen LogP contribution in [0.25, 0.3) is 6.08 Å². The molecule has 4 nitrogen and oxygen atoms in total. The lowest BCUT2D eigenvalue weighted by Crippen LogP contribution is -2.27. The van der Waals surface area contributed by atoms with E-state index in [1.807, 2.05) is 57.2 Å². The minimum absolute atomic E-state index is 0.0684. The van der Waals surface area contributed by atoms with E-state index in [1.54, 1.807) is 18.3 Å². The van der Waals surface area contributed by atoms with Crippen LogP contribution in [0.15, 0.2) is 54.2 Å². The highest BCUT2D eigenvalue weighted by Gasteiger charge is 2.13. The van der Waals surface area contributed by atoms with E-state index < -0.39 is 0 Å². The number of carbonyl (C=O) groups is 1. The second-order valence-corrected chi connectivity index (χ2v) is 4.95. The zero-order chi connectivity index (χ0) is 15.9. The lowest BCUT2D eigenvalue weighted by molar-refractivity contribution is -0.117. The first-order valence-corrected chi connectivity index (χ1v) is 7.01. The normalized spacial score (nSPS) is 12.3. The summed E-state index contributed by atoms with van der Waals surface area (Å²) in [5.41, 5.74) is 2.60. The van der Waals surface area contributed by atoms with E-state index >= 15 is 0 Å². The van der Waals surface area contributed by atoms with E-state index in [9.17, 15) is 10.1 Å². The van der Waals surface area contributed by atoms with E-state index in [0.717, 1.165) is 16.7 Å². The number of rotatable bonds is 4. The predicted octanol–water partition coefficient (Wildman–Crippen LogP) is 1.12. The average molecular weight is 289 g/mol. The van der Waals surface area contributed by atoms with Crippen LogP contribution in [0.2, 0.25) is 0 Å². The number of nitrogens with zero attached hydrogens (tertiary/aromatic N) is 2. The molecule has 108 valence electrons. The van der Waals surface area contributed by atoms with Gasteiger partial charge in [-0.2, -0.15) is 5.26 Å². The molecule has 5 heteroatoms. The van der Waals surface area contributed by atoms with E-state index in [2.05, 4.69) is 10.3 Å². The number of hydrogen-bond donors (Lipinski definition) is 1. The highest BCUT2D eigenvalue weighted by atomic mass is 16.1. The van der Waals surface area contributed by atoms with Gasteiger partial charge in [0.25, 0.3) is 5.91 Å². The van der Waals surface area contributed by atoms with Crippen molar-refractivity contribution >= 4 is 25.4 Å². The Balaban J connectivity index is 2.17. The van der Waals surface area contributed by atoms with Crippen molar-refractivity contribution in [3.05, 3.63) is 65.4 Å². The van der Waals surface area contributed by atoms with Crippen LogP contribution in [0.5, 0.6) is 0 Å². The number of nitriles is 1. The molecule has 0 fully saturated rings. The van der Waals surface area contributed by atoms with Crippen molar-refractivity contribution in [3.63, 3.8) is 0 Å². The summed E-state index contributed by atoms with van der Waals surface area (Å²) < 4.78 is 0. The summed E-state index contributed by atoms with van der Waals surface area (Å²) in [5.74, 6) is -0.387. The van der Waals surface area contributed by atoms with Crippen molar-refractivity contribution in [2.45, 2.75) is 13.0 Å². The minimum atomic E-state index is -0.387. The lowest BCUT2D eigenvalue weighted by Gasteiger charge is -2.13. The fourth-order valence-corrected chi connectivity index (χ4v) is 2.05. The largest absolute Gasteiger partial charge is 0.345 e. The molecule has 1 aromatic carbocycles. The van der Waals surface area contributed by atoms with Gasteiger partial charge in [0.2, 0.25) is 0 Å². The van der Waals surface area contributed by atoms with Gasteiger partial charge in [-0.15, -0.1) is 0 Å². The second-order valence-electron chi connectivity index (χ2n) is 4.95. The smallest absolute Gasteiger partial charge is 0.262 e. The van der Waals surface area contributed by atoms with E-state index in [-0.39, 0.29) is 17.5 Å². The van der Waals surface area contributed by atoms with Gasteiger partial charge < -0.3 is 5.32 Å². The van der Waals surface area contributed by atoms with Gasteiger partial charge in [-0.25, -0.2) is 0 Å². The van der Waals surface area contributed by atoms with Crippen LogP contribution in [-0.2, 0) is 4.79 Å². The number of benzene rings is 1. The molecule has 0 saturated heterocycles. The van der Waals surface area contributed by atoms with Gasteiger partial charge in [0.1, 0.15) is 11.6 Å². The zero-order valence-electron chi connectivity index (χ0n) is 12.6. The van der Waals surface area contributed by atoms with Crippen molar-refractivity contribution in [2.75, 3.05) is 0 Å². The van der Waals surface area contributed by atoms with Crippen molar-refractivity contribution in [2.24, 2.45) is 0 Å². The first-order chi connectivity index (χ1) is 10.6. The van der Waals surface area contributed by atoms with Crippen molar-refractivity contribution < 1.29 is 4.79 Å². The Hall–Kier alpha value is -2.87. The first-order valence-electron chi connectivity index (χ1n) is 7.01. The molecule has 2 aromatic rings. The van der Waals surface area contributed by atoms with Crippen LogP contribution in [-0.4, -0.2) is 18.7 Å². The summed E-state index contributed by atoms with van der Waals surface area (Å²) in [5, 5.41) is 12.1. The molecule has 0 radical (unpaired) electrons. The van der Waals surface area contributed by atoms with Crippen LogP contribution in [0.1, 0.15) is 24.1 Å². The highest BCUT2D eigenvalue weighted by molar-refractivity contribution is 6.32. The number of aromatic nitrogens is 1. The van der Waals surface area contributed by atoms with Gasteiger partial charge in [0, 0.05) is 11.8 Å². The maximum atomic E-state index is 12.3. The Morgan fingerprint density at radius 3 is 2.68 bits per heavy atom. The standard InChI is InChI=1S/C17H16BN3O/c1-12(13-6-3-2-4-7-13)21-17(22)15(11-19)10-14-8-5-9-20-16(14)18/h2-10,12H,18H2,1H3,(H,21,22)/b15-10+/t12-/m0/s1. The summed E-state index contributed by atoms with van der Waals surface area (Å²) in [6, 6.07) is 15.0. The van der Waals surface area contributed by atoms with Gasteiger partial charge >= 0.3 is 0 Å².